The summed E-state index contributed by atoms with van der Waals surface area (Å²) in [6, 6.07) is 28.9. The number of thioether (sulfide) groups is 1. The van der Waals surface area contributed by atoms with E-state index in [4.69, 9.17) is 0 Å². The highest BCUT2D eigenvalue weighted by Gasteiger charge is 2.17. The molecule has 0 spiro atoms. The van der Waals surface area contributed by atoms with Gasteiger partial charge in [-0.2, -0.15) is 0 Å². The monoisotopic (exact) mass is 553 g/mol. The number of hydrogen-bond acceptors (Lipinski definition) is 4. The van der Waals surface area contributed by atoms with Crippen LogP contribution >= 0.6 is 11.8 Å². The summed E-state index contributed by atoms with van der Waals surface area (Å²) in [5.41, 5.74) is 3.36. The van der Waals surface area contributed by atoms with Crippen LogP contribution in [0.5, 0.6) is 0 Å². The van der Waals surface area contributed by atoms with Crippen LogP contribution in [-0.4, -0.2) is 23.0 Å². The normalized spacial score (nSPS) is 11.8. The maximum Gasteiger partial charge on any atom is 0.272 e. The summed E-state index contributed by atoms with van der Waals surface area (Å²) in [5.74, 6) is -1.51. The van der Waals surface area contributed by atoms with Crippen LogP contribution in [0.15, 0.2) is 114 Å². The van der Waals surface area contributed by atoms with Crippen molar-refractivity contribution < 1.29 is 18.8 Å². The lowest BCUT2D eigenvalue weighted by Gasteiger charge is -2.14. The van der Waals surface area contributed by atoms with Gasteiger partial charge in [0.2, 0.25) is 5.91 Å². The molecule has 0 aliphatic rings. The van der Waals surface area contributed by atoms with Crippen molar-refractivity contribution in [3.63, 3.8) is 0 Å². The SMILES string of the molecule is Cc1ccc(/C=C(\NC(=O)c2ccccc2)C(=O)Nc2cccc(SC(C)C(=O)Nc3ccc(F)cc3)c2)cc1. The Kier molecular flexibility index (Phi) is 9.48. The number of rotatable bonds is 9. The zero-order valence-electron chi connectivity index (χ0n) is 22.0. The van der Waals surface area contributed by atoms with Gasteiger partial charge >= 0.3 is 0 Å². The van der Waals surface area contributed by atoms with Crippen molar-refractivity contribution in [2.45, 2.75) is 24.0 Å². The molecule has 4 rings (SSSR count). The van der Waals surface area contributed by atoms with E-state index in [-0.39, 0.29) is 17.4 Å². The fraction of sp³-hybridized carbons (Fsp3) is 0.0938. The summed E-state index contributed by atoms with van der Waals surface area (Å²) in [6.07, 6.45) is 1.62. The van der Waals surface area contributed by atoms with E-state index in [1.54, 1.807) is 55.5 Å². The van der Waals surface area contributed by atoms with Crippen molar-refractivity contribution in [1.29, 1.82) is 0 Å². The maximum absolute atomic E-state index is 13.3. The molecule has 6 nitrogen and oxygen atoms in total. The molecule has 202 valence electrons. The smallest absolute Gasteiger partial charge is 0.272 e. The molecule has 0 aliphatic heterocycles. The first-order chi connectivity index (χ1) is 19.3. The number of carbonyl (C=O) groups is 3. The Balaban J connectivity index is 1.47. The van der Waals surface area contributed by atoms with Gasteiger partial charge in [0.25, 0.3) is 11.8 Å². The van der Waals surface area contributed by atoms with Crippen LogP contribution in [0, 0.1) is 12.7 Å². The van der Waals surface area contributed by atoms with E-state index in [2.05, 4.69) is 16.0 Å². The minimum atomic E-state index is -0.492. The Hall–Kier alpha value is -4.69. The number of anilines is 2. The van der Waals surface area contributed by atoms with Crippen LogP contribution in [0.3, 0.4) is 0 Å². The van der Waals surface area contributed by atoms with Gasteiger partial charge in [-0.1, -0.05) is 54.1 Å². The molecule has 8 heteroatoms. The largest absolute Gasteiger partial charge is 0.325 e. The molecule has 0 fully saturated rings. The molecule has 0 saturated heterocycles. The number of amides is 3. The van der Waals surface area contributed by atoms with Crippen LogP contribution in [-0.2, 0) is 9.59 Å². The number of aryl methyl sites for hydroxylation is 1. The molecule has 1 unspecified atom stereocenters. The second-order valence-corrected chi connectivity index (χ2v) is 10.4. The van der Waals surface area contributed by atoms with E-state index in [1.807, 2.05) is 43.3 Å². The second kappa shape index (κ2) is 13.4. The summed E-state index contributed by atoms with van der Waals surface area (Å²) in [5, 5.41) is 7.89. The van der Waals surface area contributed by atoms with E-state index in [0.717, 1.165) is 16.0 Å². The van der Waals surface area contributed by atoms with Gasteiger partial charge in [-0.25, -0.2) is 4.39 Å². The number of halogens is 1. The molecular formula is C32H28FN3O3S. The Morgan fingerprint density at radius 1 is 0.800 bits per heavy atom. The van der Waals surface area contributed by atoms with E-state index >= 15 is 0 Å². The first-order valence-electron chi connectivity index (χ1n) is 12.6. The summed E-state index contributed by atoms with van der Waals surface area (Å²) >= 11 is 1.31. The van der Waals surface area contributed by atoms with Gasteiger partial charge in [0.05, 0.1) is 5.25 Å². The highest BCUT2D eigenvalue weighted by molar-refractivity contribution is 8.00. The Morgan fingerprint density at radius 3 is 2.20 bits per heavy atom. The zero-order chi connectivity index (χ0) is 28.5. The molecule has 0 bridgehead atoms. The van der Waals surface area contributed by atoms with Gasteiger partial charge in [0.15, 0.2) is 0 Å². The summed E-state index contributed by atoms with van der Waals surface area (Å²) in [4.78, 5) is 39.6. The molecule has 3 amide bonds. The van der Waals surface area contributed by atoms with Gasteiger partial charge in [0.1, 0.15) is 11.5 Å². The highest BCUT2D eigenvalue weighted by atomic mass is 32.2. The van der Waals surface area contributed by atoms with Gasteiger partial charge in [-0.15, -0.1) is 11.8 Å². The predicted molar refractivity (Wildman–Crippen MR) is 158 cm³/mol. The predicted octanol–water partition coefficient (Wildman–Crippen LogP) is 6.66. The summed E-state index contributed by atoms with van der Waals surface area (Å²) in [7, 11) is 0. The van der Waals surface area contributed by atoms with E-state index in [9.17, 15) is 18.8 Å². The molecule has 0 aliphatic carbocycles. The van der Waals surface area contributed by atoms with Crippen LogP contribution < -0.4 is 16.0 Å². The summed E-state index contributed by atoms with van der Waals surface area (Å²) in [6.45, 7) is 3.73. The zero-order valence-corrected chi connectivity index (χ0v) is 22.8. The molecule has 0 saturated carbocycles. The fourth-order valence-corrected chi connectivity index (χ4v) is 4.58. The summed E-state index contributed by atoms with van der Waals surface area (Å²) < 4.78 is 13.1. The van der Waals surface area contributed by atoms with Gasteiger partial charge in [0, 0.05) is 21.8 Å². The van der Waals surface area contributed by atoms with Crippen LogP contribution in [0.2, 0.25) is 0 Å². The molecular weight excluding hydrogens is 525 g/mol. The Bertz CT molecular complexity index is 1520. The third-order valence-electron chi connectivity index (χ3n) is 5.80. The molecule has 3 N–H and O–H groups in total. The third-order valence-corrected chi connectivity index (χ3v) is 6.90. The van der Waals surface area contributed by atoms with E-state index in [1.165, 1.54) is 36.0 Å². The topological polar surface area (TPSA) is 87.3 Å². The second-order valence-electron chi connectivity index (χ2n) is 9.03. The highest BCUT2D eigenvalue weighted by Crippen LogP contribution is 2.27. The maximum atomic E-state index is 13.3. The quantitative estimate of drug-likeness (QED) is 0.160. The van der Waals surface area contributed by atoms with Crippen molar-refractivity contribution in [3.05, 3.63) is 131 Å². The first kappa shape index (κ1) is 28.3. The number of benzene rings is 4. The van der Waals surface area contributed by atoms with Crippen molar-refractivity contribution in [3.8, 4) is 0 Å². The lowest BCUT2D eigenvalue weighted by molar-refractivity contribution is -0.115. The van der Waals surface area contributed by atoms with Gasteiger partial charge < -0.3 is 16.0 Å². The molecule has 4 aromatic rings. The van der Waals surface area contributed by atoms with Crippen molar-refractivity contribution in [1.82, 2.24) is 5.32 Å². The van der Waals surface area contributed by atoms with E-state index in [0.29, 0.717) is 16.9 Å². The molecule has 0 heterocycles. The van der Waals surface area contributed by atoms with Gasteiger partial charge in [-0.3, -0.25) is 14.4 Å². The molecule has 1 atom stereocenters. The molecule has 0 aromatic heterocycles. The van der Waals surface area contributed by atoms with Crippen molar-refractivity contribution in [2.75, 3.05) is 10.6 Å². The molecule has 40 heavy (non-hydrogen) atoms. The molecule has 4 aromatic carbocycles. The molecule has 0 radical (unpaired) electrons. The van der Waals surface area contributed by atoms with E-state index < -0.39 is 17.1 Å². The lowest BCUT2D eigenvalue weighted by atomic mass is 10.1. The third kappa shape index (κ3) is 8.15. The number of carbonyl (C=O) groups excluding carboxylic acids is 3. The minimum absolute atomic E-state index is 0.0859. The van der Waals surface area contributed by atoms with Crippen molar-refractivity contribution in [2.24, 2.45) is 0 Å². The Labute approximate surface area is 236 Å². The first-order valence-corrected chi connectivity index (χ1v) is 13.4. The average Bonchev–Trinajstić information content (AvgIpc) is 2.95. The number of nitrogens with one attached hydrogen (secondary N) is 3. The number of hydrogen-bond donors (Lipinski definition) is 3. The standard InChI is InChI=1S/C32H28FN3O3S/c1-21-11-13-23(14-12-21)19-29(36-31(38)24-7-4-3-5-8-24)32(39)35-27-9-6-10-28(20-27)40-22(2)30(37)34-26-17-15-25(33)16-18-26/h3-20,22H,1-2H3,(H,34,37)(H,35,39)(H,36,38)/b29-19-. The van der Waals surface area contributed by atoms with Crippen LogP contribution in [0.4, 0.5) is 15.8 Å². The lowest BCUT2D eigenvalue weighted by Crippen LogP contribution is -2.30. The van der Waals surface area contributed by atoms with Crippen LogP contribution in [0.25, 0.3) is 6.08 Å². The van der Waals surface area contributed by atoms with Crippen molar-refractivity contribution >= 4 is 46.9 Å². The minimum Gasteiger partial charge on any atom is -0.325 e. The average molecular weight is 554 g/mol. The van der Waals surface area contributed by atoms with Crippen LogP contribution in [0.1, 0.15) is 28.4 Å². The van der Waals surface area contributed by atoms with Gasteiger partial charge in [-0.05, 0) is 80.1 Å². The Morgan fingerprint density at radius 2 is 1.50 bits per heavy atom. The fourth-order valence-electron chi connectivity index (χ4n) is 3.65.